The fraction of sp³-hybridized carbons (Fsp3) is 0. The molecule has 0 saturated heterocycles. The van der Waals surface area contributed by atoms with Crippen LogP contribution in [0.15, 0.2) is 48.5 Å². The average molecular weight is 221 g/mol. The number of aromatic amines is 1. The van der Waals surface area contributed by atoms with E-state index in [4.69, 9.17) is 0 Å². The Balaban J connectivity index is 2.34. The Morgan fingerprint density at radius 2 is 1.76 bits per heavy atom. The van der Waals surface area contributed by atoms with Crippen LogP contribution in [-0.4, -0.2) is 15.3 Å². The van der Waals surface area contributed by atoms with Gasteiger partial charge in [-0.2, -0.15) is 0 Å². The molecule has 2 aromatic carbocycles. The molecule has 0 unspecified atom stereocenters. The molecule has 0 aliphatic heterocycles. The molecule has 0 aliphatic carbocycles. The second-order valence-corrected chi connectivity index (χ2v) is 4.01. The molecule has 4 heteroatoms. The van der Waals surface area contributed by atoms with Gasteiger partial charge in [0.25, 0.3) is 5.65 Å². The molecule has 2 aromatic heterocycles. The highest BCUT2D eigenvalue weighted by Crippen LogP contribution is 2.16. The van der Waals surface area contributed by atoms with E-state index in [0.29, 0.717) is 0 Å². The van der Waals surface area contributed by atoms with Crippen LogP contribution in [0.1, 0.15) is 0 Å². The fourth-order valence-corrected chi connectivity index (χ4v) is 2.19. The van der Waals surface area contributed by atoms with Crippen molar-refractivity contribution in [3.05, 3.63) is 48.5 Å². The summed E-state index contributed by atoms with van der Waals surface area (Å²) in [4.78, 5) is 3.38. The van der Waals surface area contributed by atoms with E-state index in [-0.39, 0.29) is 0 Å². The quantitative estimate of drug-likeness (QED) is 0.460. The summed E-state index contributed by atoms with van der Waals surface area (Å²) in [6, 6.07) is 16.1. The van der Waals surface area contributed by atoms with Crippen molar-refractivity contribution < 1.29 is 4.52 Å². The maximum atomic E-state index is 4.23. The van der Waals surface area contributed by atoms with Crippen molar-refractivity contribution in [2.75, 3.05) is 0 Å². The Hall–Kier alpha value is -2.49. The van der Waals surface area contributed by atoms with E-state index in [1.165, 1.54) is 0 Å². The first kappa shape index (κ1) is 8.64. The second kappa shape index (κ2) is 3.01. The molecule has 0 radical (unpaired) electrons. The van der Waals surface area contributed by atoms with E-state index < -0.39 is 0 Å². The monoisotopic (exact) mass is 221 g/mol. The molecule has 17 heavy (non-hydrogen) atoms. The Morgan fingerprint density at radius 3 is 2.76 bits per heavy atom. The molecule has 4 nitrogen and oxygen atoms in total. The zero-order valence-corrected chi connectivity index (χ0v) is 8.96. The highest BCUT2D eigenvalue weighted by molar-refractivity contribution is 5.91. The lowest BCUT2D eigenvalue weighted by Crippen LogP contribution is -2.26. The van der Waals surface area contributed by atoms with Crippen molar-refractivity contribution in [1.82, 2.24) is 15.3 Å². The number of nitrogens with zero attached hydrogens (tertiary/aromatic N) is 3. The van der Waals surface area contributed by atoms with Gasteiger partial charge in [0.1, 0.15) is 5.52 Å². The van der Waals surface area contributed by atoms with Gasteiger partial charge in [0.2, 0.25) is 0 Å². The molecule has 0 saturated carbocycles. The summed E-state index contributed by atoms with van der Waals surface area (Å²) < 4.78 is 1.84. The first-order valence-corrected chi connectivity index (χ1v) is 5.48. The Bertz CT molecular complexity index is 848. The number of benzene rings is 2. The van der Waals surface area contributed by atoms with Crippen LogP contribution >= 0.6 is 0 Å². The Kier molecular flexibility index (Phi) is 1.53. The van der Waals surface area contributed by atoms with Crippen LogP contribution in [0.25, 0.3) is 27.6 Å². The zero-order valence-electron chi connectivity index (χ0n) is 8.96. The summed E-state index contributed by atoms with van der Waals surface area (Å²) in [7, 11) is 0. The van der Waals surface area contributed by atoms with Gasteiger partial charge in [-0.25, -0.2) is 0 Å². The van der Waals surface area contributed by atoms with Crippen molar-refractivity contribution in [1.29, 1.82) is 0 Å². The van der Waals surface area contributed by atoms with E-state index >= 15 is 0 Å². The van der Waals surface area contributed by atoms with Gasteiger partial charge in [-0.3, -0.25) is 4.98 Å². The van der Waals surface area contributed by atoms with Gasteiger partial charge in [-0.05, 0) is 24.3 Å². The number of imidazole rings is 1. The van der Waals surface area contributed by atoms with E-state index in [2.05, 4.69) is 21.4 Å². The van der Waals surface area contributed by atoms with Gasteiger partial charge in [0.05, 0.1) is 10.6 Å². The van der Waals surface area contributed by atoms with Gasteiger partial charge in [-0.15, -0.1) is 0 Å². The molecule has 80 valence electrons. The summed E-state index contributed by atoms with van der Waals surface area (Å²) in [6.45, 7) is 0. The lowest BCUT2D eigenvalue weighted by molar-refractivity contribution is -0.557. The first-order valence-electron chi connectivity index (χ1n) is 5.48. The highest BCUT2D eigenvalue weighted by Gasteiger charge is 2.14. The van der Waals surface area contributed by atoms with Crippen molar-refractivity contribution in [2.24, 2.45) is 0 Å². The van der Waals surface area contributed by atoms with Crippen molar-refractivity contribution in [2.45, 2.75) is 0 Å². The highest BCUT2D eigenvalue weighted by atomic mass is 15.4. The predicted octanol–water partition coefficient (Wildman–Crippen LogP) is 1.85. The van der Waals surface area contributed by atoms with Gasteiger partial charge >= 0.3 is 0 Å². The van der Waals surface area contributed by atoms with E-state index in [0.717, 1.165) is 27.6 Å². The third kappa shape index (κ3) is 1.09. The largest absolute Gasteiger partial charge is 0.268 e. The molecular formula is C13H9N4+. The summed E-state index contributed by atoms with van der Waals surface area (Å²) in [5.41, 5.74) is 4.00. The minimum atomic E-state index is 0.902. The number of hydrogen-bond acceptors (Lipinski definition) is 2. The van der Waals surface area contributed by atoms with Gasteiger partial charge in [-0.1, -0.05) is 28.8 Å². The minimum Gasteiger partial charge on any atom is -0.268 e. The molecule has 0 spiro atoms. The van der Waals surface area contributed by atoms with Crippen LogP contribution in [0.4, 0.5) is 0 Å². The lowest BCUT2D eigenvalue weighted by atomic mass is 10.2. The van der Waals surface area contributed by atoms with Crippen LogP contribution in [0, 0.1) is 0 Å². The number of hydrogen-bond donors (Lipinski definition) is 1. The van der Waals surface area contributed by atoms with Crippen LogP contribution in [-0.2, 0) is 0 Å². The first-order chi connectivity index (χ1) is 8.43. The normalized spacial score (nSPS) is 11.5. The van der Waals surface area contributed by atoms with Gasteiger partial charge in [0, 0.05) is 5.10 Å². The molecule has 1 N–H and O–H groups in total. The molecule has 4 aromatic rings. The molecule has 0 amide bonds. The molecule has 2 heterocycles. The number of aromatic nitrogens is 4. The van der Waals surface area contributed by atoms with E-state index in [9.17, 15) is 0 Å². The van der Waals surface area contributed by atoms with Crippen LogP contribution < -0.4 is 4.52 Å². The zero-order chi connectivity index (χ0) is 11.2. The summed E-state index contributed by atoms with van der Waals surface area (Å²) >= 11 is 0. The number of para-hydroxylation sites is 2. The fourth-order valence-electron chi connectivity index (χ4n) is 2.19. The number of rotatable bonds is 0. The minimum absolute atomic E-state index is 0.902. The summed E-state index contributed by atoms with van der Waals surface area (Å²) in [6.07, 6.45) is 0. The van der Waals surface area contributed by atoms with Crippen molar-refractivity contribution in [3.63, 3.8) is 0 Å². The molecule has 0 bridgehead atoms. The van der Waals surface area contributed by atoms with Crippen LogP contribution in [0.2, 0.25) is 0 Å². The van der Waals surface area contributed by atoms with Gasteiger partial charge < -0.3 is 0 Å². The smallest absolute Gasteiger partial charge is 0.262 e. The molecule has 4 rings (SSSR count). The molecule has 0 atom stereocenters. The molecule has 0 aliphatic rings. The average Bonchev–Trinajstić information content (AvgIpc) is 2.78. The third-order valence-electron chi connectivity index (χ3n) is 3.00. The second-order valence-electron chi connectivity index (χ2n) is 4.01. The standard InChI is InChI=1S/C13H8N4/c1-2-6-10-9(5-1)13-14-11-7-3-4-8-12(11)17(13)16-15-10/h1-8H/p+1. The Labute approximate surface area is 96.5 Å². The maximum absolute atomic E-state index is 4.23. The van der Waals surface area contributed by atoms with Crippen molar-refractivity contribution in [3.8, 4) is 0 Å². The SMILES string of the molecule is c1ccc2c(c1)nn[n+]1c3ccccc3[nH]c21. The summed E-state index contributed by atoms with van der Waals surface area (Å²) in [5.74, 6) is 0. The van der Waals surface area contributed by atoms with Crippen molar-refractivity contribution >= 4 is 27.6 Å². The lowest BCUT2D eigenvalue weighted by Gasteiger charge is -1.90. The Morgan fingerprint density at radius 1 is 0.941 bits per heavy atom. The van der Waals surface area contributed by atoms with E-state index in [1.54, 1.807) is 0 Å². The van der Waals surface area contributed by atoms with Gasteiger partial charge in [0.15, 0.2) is 11.0 Å². The predicted molar refractivity (Wildman–Crippen MR) is 64.6 cm³/mol. The van der Waals surface area contributed by atoms with Crippen LogP contribution in [0.3, 0.4) is 0 Å². The maximum Gasteiger partial charge on any atom is 0.262 e. The molecular weight excluding hydrogens is 212 g/mol. The van der Waals surface area contributed by atoms with Crippen LogP contribution in [0.5, 0.6) is 0 Å². The number of fused-ring (bicyclic) bond motifs is 5. The molecule has 0 fully saturated rings. The number of nitrogens with one attached hydrogen (secondary N) is 1. The number of H-pyrrole nitrogens is 1. The third-order valence-corrected chi connectivity index (χ3v) is 3.00. The summed E-state index contributed by atoms with van der Waals surface area (Å²) in [5, 5.41) is 9.54. The van der Waals surface area contributed by atoms with E-state index in [1.807, 2.05) is 47.0 Å². The topological polar surface area (TPSA) is 45.7 Å².